The first-order valence-corrected chi connectivity index (χ1v) is 5.73. The molecule has 0 bridgehead atoms. The molecule has 0 saturated carbocycles. The van der Waals surface area contributed by atoms with E-state index in [4.69, 9.17) is 15.9 Å². The molecule has 0 aliphatic carbocycles. The number of rotatable bonds is 5. The van der Waals surface area contributed by atoms with Crippen molar-refractivity contribution < 1.29 is 29.7 Å². The van der Waals surface area contributed by atoms with Crippen LogP contribution < -0.4 is 11.1 Å². The maximum absolute atomic E-state index is 11.8. The van der Waals surface area contributed by atoms with Gasteiger partial charge >= 0.3 is 5.97 Å². The first-order valence-electron chi connectivity index (χ1n) is 5.73. The Hall–Kier alpha value is -1.71. The van der Waals surface area contributed by atoms with Crippen LogP contribution in [0.4, 0.5) is 0 Å². The fourth-order valence-electron chi connectivity index (χ4n) is 1.90. The van der Waals surface area contributed by atoms with E-state index in [2.05, 4.69) is 5.32 Å². The molecule has 9 heteroatoms. The van der Waals surface area contributed by atoms with Crippen LogP contribution in [-0.4, -0.2) is 75.9 Å². The fraction of sp³-hybridized carbons (Fsp3) is 0.700. The van der Waals surface area contributed by atoms with E-state index >= 15 is 0 Å². The van der Waals surface area contributed by atoms with E-state index in [1.807, 2.05) is 0 Å². The molecule has 0 radical (unpaired) electrons. The third-order valence-electron chi connectivity index (χ3n) is 2.85. The van der Waals surface area contributed by atoms with E-state index < -0.39 is 49.1 Å². The highest BCUT2D eigenvalue weighted by atomic mass is 16.4. The maximum Gasteiger partial charge on any atom is 0.322 e. The predicted molar refractivity (Wildman–Crippen MR) is 61.8 cm³/mol. The minimum Gasteiger partial charge on any atom is -0.480 e. The SMILES string of the molecule is N[C@@H](CO)C(=O)N1CCC(O)[C@H]1C(=O)NCC(=O)O. The number of nitrogens with zero attached hydrogens (tertiary/aromatic N) is 1. The Morgan fingerprint density at radius 3 is 2.58 bits per heavy atom. The van der Waals surface area contributed by atoms with Crippen LogP contribution in [0.3, 0.4) is 0 Å². The zero-order valence-corrected chi connectivity index (χ0v) is 10.2. The number of carbonyl (C=O) groups excluding carboxylic acids is 2. The van der Waals surface area contributed by atoms with Gasteiger partial charge in [-0.2, -0.15) is 0 Å². The number of likely N-dealkylation sites (tertiary alicyclic amines) is 1. The van der Waals surface area contributed by atoms with Crippen LogP contribution in [-0.2, 0) is 14.4 Å². The van der Waals surface area contributed by atoms with Crippen molar-refractivity contribution in [2.45, 2.75) is 24.6 Å². The van der Waals surface area contributed by atoms with Crippen LogP contribution in [0, 0.1) is 0 Å². The third-order valence-corrected chi connectivity index (χ3v) is 2.85. The zero-order chi connectivity index (χ0) is 14.6. The molecule has 1 saturated heterocycles. The lowest BCUT2D eigenvalue weighted by Gasteiger charge is -2.27. The molecule has 0 spiro atoms. The van der Waals surface area contributed by atoms with Gasteiger partial charge in [0.25, 0.3) is 0 Å². The Bertz CT molecular complexity index is 374. The van der Waals surface area contributed by atoms with Gasteiger partial charge in [0.15, 0.2) is 0 Å². The molecule has 9 nitrogen and oxygen atoms in total. The molecule has 1 heterocycles. The monoisotopic (exact) mass is 275 g/mol. The van der Waals surface area contributed by atoms with E-state index in [1.165, 1.54) is 0 Å². The number of carbonyl (C=O) groups is 3. The summed E-state index contributed by atoms with van der Waals surface area (Å²) >= 11 is 0. The minimum absolute atomic E-state index is 0.124. The van der Waals surface area contributed by atoms with Gasteiger partial charge in [-0.05, 0) is 6.42 Å². The number of carboxylic acid groups (broad SMARTS) is 1. The number of nitrogens with two attached hydrogens (primary N) is 1. The molecule has 6 N–H and O–H groups in total. The van der Waals surface area contributed by atoms with Crippen molar-refractivity contribution in [3.05, 3.63) is 0 Å². The summed E-state index contributed by atoms with van der Waals surface area (Å²) in [4.78, 5) is 35.0. The van der Waals surface area contributed by atoms with E-state index in [0.717, 1.165) is 4.90 Å². The molecule has 1 unspecified atom stereocenters. The Morgan fingerprint density at radius 1 is 1.42 bits per heavy atom. The maximum atomic E-state index is 11.8. The number of amides is 2. The summed E-state index contributed by atoms with van der Waals surface area (Å²) in [6.45, 7) is -1.05. The summed E-state index contributed by atoms with van der Waals surface area (Å²) in [6, 6.07) is -2.34. The lowest BCUT2D eigenvalue weighted by molar-refractivity contribution is -0.143. The van der Waals surface area contributed by atoms with Crippen molar-refractivity contribution in [3.8, 4) is 0 Å². The molecule has 0 aromatic heterocycles. The van der Waals surface area contributed by atoms with Crippen LogP contribution in [0.1, 0.15) is 6.42 Å². The number of hydrogen-bond donors (Lipinski definition) is 5. The van der Waals surface area contributed by atoms with Gasteiger partial charge in [-0.25, -0.2) is 0 Å². The second-order valence-electron chi connectivity index (χ2n) is 4.23. The van der Waals surface area contributed by atoms with Crippen LogP contribution >= 0.6 is 0 Å². The summed E-state index contributed by atoms with van der Waals surface area (Å²) in [5.41, 5.74) is 5.38. The zero-order valence-electron chi connectivity index (χ0n) is 10.2. The molecule has 0 aromatic rings. The van der Waals surface area contributed by atoms with Crippen molar-refractivity contribution in [1.29, 1.82) is 0 Å². The van der Waals surface area contributed by atoms with Gasteiger partial charge in [0.05, 0.1) is 12.7 Å². The Kier molecular flexibility index (Phi) is 5.21. The van der Waals surface area contributed by atoms with Crippen molar-refractivity contribution in [2.24, 2.45) is 5.73 Å². The summed E-state index contributed by atoms with van der Waals surface area (Å²) in [6.07, 6.45) is -0.890. The number of aliphatic hydroxyl groups is 2. The summed E-state index contributed by atoms with van der Waals surface area (Å²) < 4.78 is 0. The van der Waals surface area contributed by atoms with Crippen LogP contribution in [0.15, 0.2) is 0 Å². The summed E-state index contributed by atoms with van der Waals surface area (Å²) in [7, 11) is 0. The highest BCUT2D eigenvalue weighted by Crippen LogP contribution is 2.19. The van der Waals surface area contributed by atoms with Gasteiger partial charge in [0.2, 0.25) is 11.8 Å². The second-order valence-corrected chi connectivity index (χ2v) is 4.23. The average Bonchev–Trinajstić information content (AvgIpc) is 2.75. The highest BCUT2D eigenvalue weighted by Gasteiger charge is 2.42. The molecule has 0 aromatic carbocycles. The fourth-order valence-corrected chi connectivity index (χ4v) is 1.90. The number of nitrogens with one attached hydrogen (secondary N) is 1. The Balaban J connectivity index is 2.74. The Morgan fingerprint density at radius 2 is 2.05 bits per heavy atom. The van der Waals surface area contributed by atoms with E-state index in [9.17, 15) is 19.5 Å². The van der Waals surface area contributed by atoms with E-state index in [-0.39, 0.29) is 13.0 Å². The first kappa shape index (κ1) is 15.3. The predicted octanol–water partition coefficient (Wildman–Crippen LogP) is -3.53. The van der Waals surface area contributed by atoms with Gasteiger partial charge < -0.3 is 31.3 Å². The topological polar surface area (TPSA) is 153 Å². The minimum atomic E-state index is -1.23. The van der Waals surface area contributed by atoms with Crippen LogP contribution in [0.25, 0.3) is 0 Å². The van der Waals surface area contributed by atoms with Gasteiger partial charge in [0.1, 0.15) is 18.6 Å². The van der Waals surface area contributed by atoms with Gasteiger partial charge in [-0.1, -0.05) is 0 Å². The standard InChI is InChI=1S/C10H17N3O6/c11-5(4-14)10(19)13-2-1-6(15)8(13)9(18)12-3-7(16)17/h5-6,8,14-15H,1-4,11H2,(H,12,18)(H,16,17)/t5-,6?,8-/m0/s1. The smallest absolute Gasteiger partial charge is 0.322 e. The number of aliphatic carboxylic acids is 1. The van der Waals surface area contributed by atoms with Crippen molar-refractivity contribution >= 4 is 17.8 Å². The highest BCUT2D eigenvalue weighted by molar-refractivity contribution is 5.92. The van der Waals surface area contributed by atoms with Crippen LogP contribution in [0.5, 0.6) is 0 Å². The molecular formula is C10H17N3O6. The summed E-state index contributed by atoms with van der Waals surface area (Å²) in [5, 5.41) is 29.1. The number of carboxylic acids is 1. The third kappa shape index (κ3) is 3.63. The molecule has 1 rings (SSSR count). The molecule has 3 atom stereocenters. The quantitative estimate of drug-likeness (QED) is 0.348. The van der Waals surface area contributed by atoms with Crippen LogP contribution in [0.2, 0.25) is 0 Å². The molecule has 1 aliphatic rings. The normalized spacial score (nSPS) is 24.1. The molecule has 1 fully saturated rings. The second kappa shape index (κ2) is 6.45. The van der Waals surface area contributed by atoms with Crippen molar-refractivity contribution in [3.63, 3.8) is 0 Å². The molecule has 108 valence electrons. The summed E-state index contributed by atoms with van der Waals surface area (Å²) in [5.74, 6) is -2.65. The lowest BCUT2D eigenvalue weighted by atomic mass is 10.1. The first-order chi connectivity index (χ1) is 8.88. The number of aliphatic hydroxyl groups excluding tert-OH is 2. The molecule has 2 amide bonds. The average molecular weight is 275 g/mol. The van der Waals surface area contributed by atoms with E-state index in [0.29, 0.717) is 0 Å². The van der Waals surface area contributed by atoms with Gasteiger partial charge in [-0.15, -0.1) is 0 Å². The molecule has 19 heavy (non-hydrogen) atoms. The molecular weight excluding hydrogens is 258 g/mol. The van der Waals surface area contributed by atoms with E-state index in [1.54, 1.807) is 0 Å². The molecule has 1 aliphatic heterocycles. The van der Waals surface area contributed by atoms with Gasteiger partial charge in [-0.3, -0.25) is 14.4 Å². The van der Waals surface area contributed by atoms with Crippen molar-refractivity contribution in [2.75, 3.05) is 19.7 Å². The largest absolute Gasteiger partial charge is 0.480 e. The van der Waals surface area contributed by atoms with Gasteiger partial charge in [0, 0.05) is 6.54 Å². The lowest BCUT2D eigenvalue weighted by Crippen LogP contribution is -2.55. The van der Waals surface area contributed by atoms with Crippen molar-refractivity contribution in [1.82, 2.24) is 10.2 Å². The number of hydrogen-bond acceptors (Lipinski definition) is 6. The Labute approximate surface area is 109 Å².